The molecule has 1 aromatic heterocycles. The third-order valence-corrected chi connectivity index (χ3v) is 4.17. The molecule has 102 valence electrons. The Morgan fingerprint density at radius 1 is 1.37 bits per heavy atom. The fourth-order valence-corrected chi connectivity index (χ4v) is 2.82. The van der Waals surface area contributed by atoms with E-state index in [9.17, 15) is 0 Å². The second-order valence-corrected chi connectivity index (χ2v) is 5.43. The fraction of sp³-hybridized carbons (Fsp3) is 0.500. The molecule has 1 aliphatic rings. The van der Waals surface area contributed by atoms with Crippen LogP contribution in [-0.4, -0.2) is 19.3 Å². The van der Waals surface area contributed by atoms with Crippen LogP contribution in [0.3, 0.4) is 0 Å². The van der Waals surface area contributed by atoms with Gasteiger partial charge in [0.2, 0.25) is 0 Å². The van der Waals surface area contributed by atoms with E-state index in [1.165, 1.54) is 17.4 Å². The molecule has 2 unspecified atom stereocenters. The number of benzene rings is 1. The maximum absolute atomic E-state index is 5.79. The number of hydrogen-bond acceptors (Lipinski definition) is 3. The van der Waals surface area contributed by atoms with Gasteiger partial charge in [-0.25, -0.2) is 0 Å². The van der Waals surface area contributed by atoms with Crippen molar-refractivity contribution in [1.82, 2.24) is 5.32 Å². The highest BCUT2D eigenvalue weighted by molar-refractivity contribution is 5.82. The molecule has 2 heterocycles. The molecule has 0 amide bonds. The van der Waals surface area contributed by atoms with Gasteiger partial charge in [-0.2, -0.15) is 0 Å². The second-order valence-electron chi connectivity index (χ2n) is 5.43. The number of para-hydroxylation sites is 1. The van der Waals surface area contributed by atoms with E-state index < -0.39 is 0 Å². The molecule has 0 spiro atoms. The fourth-order valence-electron chi connectivity index (χ4n) is 2.82. The van der Waals surface area contributed by atoms with Crippen LogP contribution in [0.5, 0.6) is 0 Å². The Morgan fingerprint density at radius 2 is 2.21 bits per heavy atom. The van der Waals surface area contributed by atoms with Gasteiger partial charge in [0.15, 0.2) is 0 Å². The summed E-state index contributed by atoms with van der Waals surface area (Å²) in [5, 5.41) is 4.84. The molecule has 19 heavy (non-hydrogen) atoms. The van der Waals surface area contributed by atoms with Gasteiger partial charge >= 0.3 is 0 Å². The van der Waals surface area contributed by atoms with Gasteiger partial charge in [0.25, 0.3) is 0 Å². The number of nitrogens with one attached hydrogen (secondary N) is 1. The number of furan rings is 1. The zero-order chi connectivity index (χ0) is 13.2. The van der Waals surface area contributed by atoms with Crippen LogP contribution in [0, 0.1) is 12.8 Å². The molecule has 3 heteroatoms. The lowest BCUT2D eigenvalue weighted by atomic mass is 10.0. The van der Waals surface area contributed by atoms with Gasteiger partial charge in [-0.05, 0) is 32.3 Å². The van der Waals surface area contributed by atoms with Crippen molar-refractivity contribution in [3.63, 3.8) is 0 Å². The SMILES string of the molecule is Cc1oc2ccccc2c1CNC(C)C1CCOC1. The van der Waals surface area contributed by atoms with Crippen molar-refractivity contribution in [2.75, 3.05) is 13.2 Å². The molecule has 1 fully saturated rings. The summed E-state index contributed by atoms with van der Waals surface area (Å²) in [6.45, 7) is 6.95. The summed E-state index contributed by atoms with van der Waals surface area (Å²) in [5.74, 6) is 1.65. The predicted molar refractivity (Wildman–Crippen MR) is 76.2 cm³/mol. The standard InChI is InChI=1S/C16H21NO2/c1-11(13-7-8-18-10-13)17-9-15-12(2)19-16-6-4-3-5-14(15)16/h3-6,11,13,17H,7-10H2,1-2H3. The van der Waals surface area contributed by atoms with Crippen LogP contribution in [0.1, 0.15) is 24.7 Å². The van der Waals surface area contributed by atoms with Crippen molar-refractivity contribution in [1.29, 1.82) is 0 Å². The quantitative estimate of drug-likeness (QED) is 0.915. The molecule has 0 saturated carbocycles. The highest BCUT2D eigenvalue weighted by atomic mass is 16.5. The molecule has 1 saturated heterocycles. The highest BCUT2D eigenvalue weighted by Gasteiger charge is 2.22. The minimum Gasteiger partial charge on any atom is -0.461 e. The zero-order valence-corrected chi connectivity index (χ0v) is 11.6. The molecule has 0 radical (unpaired) electrons. The average Bonchev–Trinajstić information content (AvgIpc) is 3.03. The number of fused-ring (bicyclic) bond motifs is 1. The van der Waals surface area contributed by atoms with Crippen LogP contribution in [0.15, 0.2) is 28.7 Å². The molecular formula is C16H21NO2. The molecule has 2 aromatic rings. The van der Waals surface area contributed by atoms with Crippen molar-refractivity contribution in [3.8, 4) is 0 Å². The lowest BCUT2D eigenvalue weighted by Crippen LogP contribution is -2.33. The van der Waals surface area contributed by atoms with E-state index in [-0.39, 0.29) is 0 Å². The summed E-state index contributed by atoms with van der Waals surface area (Å²) in [6, 6.07) is 8.72. The van der Waals surface area contributed by atoms with E-state index in [1.54, 1.807) is 0 Å². The van der Waals surface area contributed by atoms with Crippen LogP contribution in [0.2, 0.25) is 0 Å². The van der Waals surface area contributed by atoms with E-state index in [4.69, 9.17) is 9.15 Å². The van der Waals surface area contributed by atoms with Crippen molar-refractivity contribution in [3.05, 3.63) is 35.6 Å². The number of rotatable bonds is 4. The Kier molecular flexibility index (Phi) is 3.58. The molecule has 0 bridgehead atoms. The van der Waals surface area contributed by atoms with Gasteiger partial charge in [-0.1, -0.05) is 18.2 Å². The Morgan fingerprint density at radius 3 is 3.00 bits per heavy atom. The predicted octanol–water partition coefficient (Wildman–Crippen LogP) is 3.26. The Labute approximate surface area is 113 Å². The number of hydrogen-bond donors (Lipinski definition) is 1. The van der Waals surface area contributed by atoms with E-state index in [1.807, 2.05) is 19.1 Å². The summed E-state index contributed by atoms with van der Waals surface area (Å²) in [6.07, 6.45) is 1.17. The molecule has 3 nitrogen and oxygen atoms in total. The van der Waals surface area contributed by atoms with Gasteiger partial charge in [0.05, 0.1) is 6.61 Å². The highest BCUT2D eigenvalue weighted by Crippen LogP contribution is 2.25. The average molecular weight is 259 g/mol. The van der Waals surface area contributed by atoms with E-state index >= 15 is 0 Å². The van der Waals surface area contributed by atoms with Crippen molar-refractivity contribution < 1.29 is 9.15 Å². The van der Waals surface area contributed by atoms with E-state index in [0.717, 1.165) is 31.1 Å². The molecule has 1 aliphatic heterocycles. The monoisotopic (exact) mass is 259 g/mol. The Balaban J connectivity index is 1.72. The van der Waals surface area contributed by atoms with Gasteiger partial charge in [0.1, 0.15) is 11.3 Å². The number of ether oxygens (including phenoxy) is 1. The second kappa shape index (κ2) is 5.35. The minimum atomic E-state index is 0.482. The lowest BCUT2D eigenvalue weighted by molar-refractivity contribution is 0.178. The van der Waals surface area contributed by atoms with Gasteiger partial charge in [0, 0.05) is 30.1 Å². The Bertz CT molecular complexity index is 555. The van der Waals surface area contributed by atoms with Gasteiger partial charge < -0.3 is 14.5 Å². The zero-order valence-electron chi connectivity index (χ0n) is 11.6. The third kappa shape index (κ3) is 2.53. The topological polar surface area (TPSA) is 34.4 Å². The van der Waals surface area contributed by atoms with Crippen molar-refractivity contribution in [2.45, 2.75) is 32.9 Å². The van der Waals surface area contributed by atoms with Crippen LogP contribution in [0.4, 0.5) is 0 Å². The first-order chi connectivity index (χ1) is 9.25. The summed E-state index contributed by atoms with van der Waals surface area (Å²) >= 11 is 0. The molecular weight excluding hydrogens is 238 g/mol. The summed E-state index contributed by atoms with van der Waals surface area (Å²) in [7, 11) is 0. The first-order valence-corrected chi connectivity index (χ1v) is 7.04. The molecule has 1 N–H and O–H groups in total. The van der Waals surface area contributed by atoms with Crippen LogP contribution >= 0.6 is 0 Å². The summed E-state index contributed by atoms with van der Waals surface area (Å²) < 4.78 is 11.2. The minimum absolute atomic E-state index is 0.482. The maximum Gasteiger partial charge on any atom is 0.134 e. The van der Waals surface area contributed by atoms with Gasteiger partial charge in [-0.15, -0.1) is 0 Å². The van der Waals surface area contributed by atoms with Crippen LogP contribution < -0.4 is 5.32 Å². The summed E-state index contributed by atoms with van der Waals surface area (Å²) in [5.41, 5.74) is 2.26. The maximum atomic E-state index is 5.79. The smallest absolute Gasteiger partial charge is 0.134 e. The molecule has 3 rings (SSSR count). The summed E-state index contributed by atoms with van der Waals surface area (Å²) in [4.78, 5) is 0. The van der Waals surface area contributed by atoms with Crippen LogP contribution in [-0.2, 0) is 11.3 Å². The van der Waals surface area contributed by atoms with Gasteiger partial charge in [-0.3, -0.25) is 0 Å². The Hall–Kier alpha value is -1.32. The van der Waals surface area contributed by atoms with E-state index in [2.05, 4.69) is 24.4 Å². The molecule has 2 atom stereocenters. The molecule has 1 aromatic carbocycles. The normalized spacial score (nSPS) is 21.1. The van der Waals surface area contributed by atoms with E-state index in [0.29, 0.717) is 12.0 Å². The molecule has 0 aliphatic carbocycles. The third-order valence-electron chi connectivity index (χ3n) is 4.17. The van der Waals surface area contributed by atoms with Crippen LogP contribution in [0.25, 0.3) is 11.0 Å². The van der Waals surface area contributed by atoms with Crippen molar-refractivity contribution >= 4 is 11.0 Å². The lowest BCUT2D eigenvalue weighted by Gasteiger charge is -2.19. The first kappa shape index (κ1) is 12.7. The number of aryl methyl sites for hydroxylation is 1. The van der Waals surface area contributed by atoms with Crippen molar-refractivity contribution in [2.24, 2.45) is 5.92 Å². The largest absolute Gasteiger partial charge is 0.461 e. The first-order valence-electron chi connectivity index (χ1n) is 7.04.